The molecule has 0 aliphatic heterocycles. The van der Waals surface area contributed by atoms with Crippen molar-refractivity contribution in [2.24, 2.45) is 0 Å². The van der Waals surface area contributed by atoms with E-state index in [-0.39, 0.29) is 6.54 Å². The Morgan fingerprint density at radius 1 is 1.37 bits per heavy atom. The van der Waals surface area contributed by atoms with Crippen molar-refractivity contribution in [2.75, 3.05) is 26.8 Å². The van der Waals surface area contributed by atoms with Crippen LogP contribution in [0, 0.1) is 0 Å². The highest BCUT2D eigenvalue weighted by Crippen LogP contribution is 2.12. The van der Waals surface area contributed by atoms with Crippen LogP contribution in [0.4, 0.5) is 13.2 Å². The number of halogens is 3. The van der Waals surface area contributed by atoms with Crippen LogP contribution < -0.4 is 10.6 Å². The molecule has 0 aliphatic carbocycles. The molecule has 0 heterocycles. The van der Waals surface area contributed by atoms with Crippen LogP contribution in [0.3, 0.4) is 0 Å². The minimum absolute atomic E-state index is 0.0803. The molecule has 0 bridgehead atoms. The van der Waals surface area contributed by atoms with E-state index in [4.69, 9.17) is 4.74 Å². The third kappa shape index (κ3) is 9.69. The van der Waals surface area contributed by atoms with Crippen molar-refractivity contribution in [3.63, 3.8) is 0 Å². The number of aliphatic hydroxyl groups is 1. The summed E-state index contributed by atoms with van der Waals surface area (Å²) in [5, 5.41) is 14.3. The highest BCUT2D eigenvalue weighted by molar-refractivity contribution is 5.81. The molecule has 0 fully saturated rings. The lowest BCUT2D eigenvalue weighted by Gasteiger charge is -2.25. The Morgan fingerprint density at radius 3 is 2.42 bits per heavy atom. The number of ether oxygens (including phenoxy) is 1. The summed E-state index contributed by atoms with van der Waals surface area (Å²) < 4.78 is 40.5. The predicted octanol–water partition coefficient (Wildman–Crippen LogP) is 0.430. The van der Waals surface area contributed by atoms with Crippen molar-refractivity contribution in [2.45, 2.75) is 38.1 Å². The van der Waals surface area contributed by atoms with Crippen LogP contribution in [0.2, 0.25) is 0 Å². The second-order valence-electron chi connectivity index (χ2n) is 4.68. The lowest BCUT2D eigenvalue weighted by molar-refractivity contribution is -0.139. The van der Waals surface area contributed by atoms with Crippen LogP contribution in [0.1, 0.15) is 20.3 Å². The second kappa shape index (κ2) is 7.66. The number of alkyl halides is 3. The van der Waals surface area contributed by atoms with Gasteiger partial charge in [-0.25, -0.2) is 0 Å². The molecule has 0 rings (SSSR count). The first-order valence-electron chi connectivity index (χ1n) is 5.86. The first-order valence-corrected chi connectivity index (χ1v) is 5.86. The number of methoxy groups -OCH3 is 1. The monoisotopic (exact) mass is 286 g/mol. The molecule has 5 nitrogen and oxygen atoms in total. The number of carbonyl (C=O) groups is 1. The van der Waals surface area contributed by atoms with Crippen molar-refractivity contribution in [3.8, 4) is 0 Å². The molecule has 2 unspecified atom stereocenters. The van der Waals surface area contributed by atoms with Crippen LogP contribution in [-0.4, -0.2) is 55.6 Å². The van der Waals surface area contributed by atoms with Gasteiger partial charge in [-0.3, -0.25) is 4.79 Å². The van der Waals surface area contributed by atoms with Gasteiger partial charge >= 0.3 is 6.18 Å². The van der Waals surface area contributed by atoms with Gasteiger partial charge < -0.3 is 20.5 Å². The lowest BCUT2D eigenvalue weighted by atomic mass is 10.0. The Labute approximate surface area is 110 Å². The van der Waals surface area contributed by atoms with Gasteiger partial charge in [-0.2, -0.15) is 13.2 Å². The SMILES string of the molecule is COCCC(C)(O)CNC(C)C(=O)NCC(F)(F)F. The van der Waals surface area contributed by atoms with Gasteiger partial charge in [-0.15, -0.1) is 0 Å². The van der Waals surface area contributed by atoms with Crippen molar-refractivity contribution in [1.29, 1.82) is 0 Å². The Kier molecular flexibility index (Phi) is 7.32. The topological polar surface area (TPSA) is 70.6 Å². The van der Waals surface area contributed by atoms with Gasteiger partial charge in [-0.1, -0.05) is 0 Å². The normalized spacial score (nSPS) is 16.8. The fourth-order valence-corrected chi connectivity index (χ4v) is 1.22. The lowest BCUT2D eigenvalue weighted by Crippen LogP contribution is -2.49. The maximum absolute atomic E-state index is 11.9. The summed E-state index contributed by atoms with van der Waals surface area (Å²) in [6, 6.07) is -0.823. The zero-order chi connectivity index (χ0) is 15.1. The molecule has 8 heteroatoms. The van der Waals surface area contributed by atoms with Crippen LogP contribution in [-0.2, 0) is 9.53 Å². The Hall–Kier alpha value is -0.860. The molecule has 0 saturated heterocycles. The summed E-state index contributed by atoms with van der Waals surface area (Å²) in [7, 11) is 1.50. The zero-order valence-electron chi connectivity index (χ0n) is 11.3. The summed E-state index contributed by atoms with van der Waals surface area (Å²) in [5.41, 5.74) is -1.09. The van der Waals surface area contributed by atoms with E-state index in [9.17, 15) is 23.1 Å². The summed E-state index contributed by atoms with van der Waals surface area (Å²) in [6.45, 7) is 2.05. The van der Waals surface area contributed by atoms with Crippen LogP contribution in [0.15, 0.2) is 0 Å². The van der Waals surface area contributed by atoms with Gasteiger partial charge in [0.05, 0.1) is 11.6 Å². The van der Waals surface area contributed by atoms with Crippen molar-refractivity contribution in [3.05, 3.63) is 0 Å². The predicted molar refractivity (Wildman–Crippen MR) is 63.6 cm³/mol. The van der Waals surface area contributed by atoms with Gasteiger partial charge in [0.15, 0.2) is 0 Å². The molecule has 114 valence electrons. The Morgan fingerprint density at radius 2 is 1.95 bits per heavy atom. The van der Waals surface area contributed by atoms with Crippen molar-refractivity contribution in [1.82, 2.24) is 10.6 Å². The van der Waals surface area contributed by atoms with Crippen molar-refractivity contribution < 1.29 is 27.8 Å². The van der Waals surface area contributed by atoms with Gasteiger partial charge in [0.25, 0.3) is 0 Å². The Bertz CT molecular complexity index is 283. The summed E-state index contributed by atoms with van der Waals surface area (Å²) in [6.07, 6.45) is -4.08. The number of hydrogen-bond donors (Lipinski definition) is 3. The summed E-state index contributed by atoms with van der Waals surface area (Å²) in [5.74, 6) is -0.764. The first-order chi connectivity index (χ1) is 8.57. The molecular weight excluding hydrogens is 265 g/mol. The molecule has 0 aromatic heterocycles. The number of hydrogen-bond acceptors (Lipinski definition) is 4. The second-order valence-corrected chi connectivity index (χ2v) is 4.68. The number of rotatable bonds is 8. The highest BCUT2D eigenvalue weighted by atomic mass is 19.4. The average molecular weight is 286 g/mol. The van der Waals surface area contributed by atoms with Crippen LogP contribution >= 0.6 is 0 Å². The molecule has 0 aliphatic rings. The number of carbonyl (C=O) groups excluding carboxylic acids is 1. The van der Waals surface area contributed by atoms with Gasteiger partial charge in [0, 0.05) is 26.7 Å². The fraction of sp³-hybridized carbons (Fsp3) is 0.909. The van der Waals surface area contributed by atoms with Gasteiger partial charge in [0.2, 0.25) is 5.91 Å². The van der Waals surface area contributed by atoms with Gasteiger partial charge in [-0.05, 0) is 13.8 Å². The molecule has 0 saturated carbocycles. The minimum atomic E-state index is -4.43. The van der Waals surface area contributed by atoms with E-state index < -0.39 is 30.3 Å². The van der Waals surface area contributed by atoms with Gasteiger partial charge in [0.1, 0.15) is 6.54 Å². The number of nitrogens with one attached hydrogen (secondary N) is 2. The first kappa shape index (κ1) is 18.1. The molecule has 0 aromatic rings. The molecule has 3 N–H and O–H groups in total. The van der Waals surface area contributed by atoms with E-state index in [0.29, 0.717) is 13.0 Å². The third-order valence-electron chi connectivity index (χ3n) is 2.49. The largest absolute Gasteiger partial charge is 0.405 e. The van der Waals surface area contributed by atoms with Crippen molar-refractivity contribution >= 4 is 5.91 Å². The Balaban J connectivity index is 4.02. The van der Waals surface area contributed by atoms with E-state index >= 15 is 0 Å². The summed E-state index contributed by atoms with van der Waals surface area (Å²) >= 11 is 0. The maximum Gasteiger partial charge on any atom is 0.405 e. The van der Waals surface area contributed by atoms with E-state index in [1.807, 2.05) is 0 Å². The van der Waals surface area contributed by atoms with Crippen LogP contribution in [0.25, 0.3) is 0 Å². The van der Waals surface area contributed by atoms with E-state index in [0.717, 1.165) is 0 Å². The minimum Gasteiger partial charge on any atom is -0.389 e. The van der Waals surface area contributed by atoms with E-state index in [1.165, 1.54) is 14.0 Å². The molecule has 19 heavy (non-hydrogen) atoms. The smallest absolute Gasteiger partial charge is 0.389 e. The van der Waals surface area contributed by atoms with Crippen LogP contribution in [0.5, 0.6) is 0 Å². The molecule has 0 aromatic carbocycles. The van der Waals surface area contributed by atoms with E-state index in [1.54, 1.807) is 12.2 Å². The number of amides is 1. The molecular formula is C11H21F3N2O3. The molecule has 0 radical (unpaired) electrons. The molecule has 2 atom stereocenters. The average Bonchev–Trinajstić information content (AvgIpc) is 2.29. The standard InChI is InChI=1S/C11H21F3N2O3/c1-8(9(17)16-7-11(12,13)14)15-6-10(2,18)4-5-19-3/h8,15,18H,4-7H2,1-3H3,(H,16,17). The molecule has 1 amide bonds. The maximum atomic E-state index is 11.9. The third-order valence-corrected chi connectivity index (χ3v) is 2.49. The molecule has 0 spiro atoms. The highest BCUT2D eigenvalue weighted by Gasteiger charge is 2.29. The zero-order valence-corrected chi connectivity index (χ0v) is 11.3. The summed E-state index contributed by atoms with van der Waals surface area (Å²) in [4.78, 5) is 11.3. The van der Waals surface area contributed by atoms with E-state index in [2.05, 4.69) is 5.32 Å². The quantitative estimate of drug-likeness (QED) is 0.605. The fourth-order valence-electron chi connectivity index (χ4n) is 1.22.